The SMILES string of the molecule is Cc1ccc(COCC(C)COCc2ccc(C)cc2)cc1. The van der Waals surface area contributed by atoms with E-state index in [-0.39, 0.29) is 0 Å². The first-order valence-electron chi connectivity index (χ1n) is 7.90. The van der Waals surface area contributed by atoms with Crippen LogP contribution in [0.4, 0.5) is 0 Å². The zero-order valence-corrected chi connectivity index (χ0v) is 13.8. The zero-order chi connectivity index (χ0) is 15.8. The average Bonchev–Trinajstić information content (AvgIpc) is 2.51. The number of hydrogen-bond acceptors (Lipinski definition) is 2. The van der Waals surface area contributed by atoms with Crippen LogP contribution < -0.4 is 0 Å². The molecule has 0 radical (unpaired) electrons. The van der Waals surface area contributed by atoms with E-state index in [1.807, 2.05) is 0 Å². The van der Waals surface area contributed by atoms with E-state index in [1.165, 1.54) is 22.3 Å². The summed E-state index contributed by atoms with van der Waals surface area (Å²) in [5.41, 5.74) is 5.00. The van der Waals surface area contributed by atoms with Crippen LogP contribution >= 0.6 is 0 Å². The molecular formula is C20H26O2. The molecule has 22 heavy (non-hydrogen) atoms. The van der Waals surface area contributed by atoms with Crippen LogP contribution in [-0.4, -0.2) is 13.2 Å². The lowest BCUT2D eigenvalue weighted by Gasteiger charge is -2.13. The molecule has 0 bridgehead atoms. The second-order valence-corrected chi connectivity index (χ2v) is 6.11. The Bertz CT molecular complexity index is 491. The Morgan fingerprint density at radius 3 is 1.41 bits per heavy atom. The molecule has 0 aliphatic heterocycles. The molecule has 0 fully saturated rings. The van der Waals surface area contributed by atoms with Crippen molar-refractivity contribution >= 4 is 0 Å². The molecule has 0 unspecified atom stereocenters. The van der Waals surface area contributed by atoms with Crippen molar-refractivity contribution in [1.29, 1.82) is 0 Å². The minimum absolute atomic E-state index is 0.399. The van der Waals surface area contributed by atoms with Crippen molar-refractivity contribution in [2.75, 3.05) is 13.2 Å². The maximum absolute atomic E-state index is 5.76. The van der Waals surface area contributed by atoms with Gasteiger partial charge in [0.1, 0.15) is 0 Å². The first kappa shape index (κ1) is 16.7. The number of benzene rings is 2. The van der Waals surface area contributed by atoms with E-state index in [4.69, 9.17) is 9.47 Å². The molecule has 2 heteroatoms. The van der Waals surface area contributed by atoms with Gasteiger partial charge in [0.2, 0.25) is 0 Å². The average molecular weight is 298 g/mol. The molecule has 118 valence electrons. The van der Waals surface area contributed by atoms with E-state index in [9.17, 15) is 0 Å². The van der Waals surface area contributed by atoms with Gasteiger partial charge in [-0.1, -0.05) is 66.6 Å². The Balaban J connectivity index is 1.60. The monoisotopic (exact) mass is 298 g/mol. The molecule has 0 spiro atoms. The summed E-state index contributed by atoms with van der Waals surface area (Å²) < 4.78 is 11.5. The fourth-order valence-corrected chi connectivity index (χ4v) is 2.17. The van der Waals surface area contributed by atoms with Gasteiger partial charge in [-0.15, -0.1) is 0 Å². The third-order valence-electron chi connectivity index (χ3n) is 3.58. The van der Waals surface area contributed by atoms with Gasteiger partial charge in [-0.25, -0.2) is 0 Å². The van der Waals surface area contributed by atoms with Crippen LogP contribution in [-0.2, 0) is 22.7 Å². The fraction of sp³-hybridized carbons (Fsp3) is 0.400. The van der Waals surface area contributed by atoms with Gasteiger partial charge in [-0.2, -0.15) is 0 Å². The first-order valence-corrected chi connectivity index (χ1v) is 7.90. The first-order chi connectivity index (χ1) is 10.6. The summed E-state index contributed by atoms with van der Waals surface area (Å²) in [7, 11) is 0. The molecule has 2 nitrogen and oxygen atoms in total. The molecule has 0 amide bonds. The van der Waals surface area contributed by atoms with Crippen LogP contribution in [0.3, 0.4) is 0 Å². The number of ether oxygens (including phenoxy) is 2. The van der Waals surface area contributed by atoms with Crippen molar-refractivity contribution in [3.8, 4) is 0 Å². The normalized spacial score (nSPS) is 11.1. The lowest BCUT2D eigenvalue weighted by atomic mass is 10.1. The summed E-state index contributed by atoms with van der Waals surface area (Å²) in [4.78, 5) is 0. The van der Waals surface area contributed by atoms with Gasteiger partial charge in [-0.3, -0.25) is 0 Å². The van der Waals surface area contributed by atoms with E-state index in [2.05, 4.69) is 69.3 Å². The van der Waals surface area contributed by atoms with Crippen molar-refractivity contribution in [3.63, 3.8) is 0 Å². The highest BCUT2D eigenvalue weighted by atomic mass is 16.5. The number of aryl methyl sites for hydroxylation is 2. The minimum atomic E-state index is 0.399. The Labute approximate surface area is 134 Å². The Kier molecular flexibility index (Phi) is 6.63. The van der Waals surface area contributed by atoms with Crippen molar-refractivity contribution in [3.05, 3.63) is 70.8 Å². The molecule has 2 rings (SSSR count). The van der Waals surface area contributed by atoms with Gasteiger partial charge < -0.3 is 9.47 Å². The third kappa shape index (κ3) is 6.00. The molecule has 2 aromatic rings. The molecular weight excluding hydrogens is 272 g/mol. The summed E-state index contributed by atoms with van der Waals surface area (Å²) in [6.45, 7) is 9.13. The van der Waals surface area contributed by atoms with Gasteiger partial charge in [0, 0.05) is 5.92 Å². The van der Waals surface area contributed by atoms with Gasteiger partial charge in [0.25, 0.3) is 0 Å². The third-order valence-corrected chi connectivity index (χ3v) is 3.58. The standard InChI is InChI=1S/C20H26O2/c1-16-4-8-19(9-5-16)14-21-12-18(3)13-22-15-20-10-6-17(2)7-11-20/h4-11,18H,12-15H2,1-3H3. The molecule has 0 saturated heterocycles. The van der Waals surface area contributed by atoms with Crippen LogP contribution in [0.25, 0.3) is 0 Å². The number of rotatable bonds is 8. The summed E-state index contributed by atoms with van der Waals surface area (Å²) in [6, 6.07) is 16.9. The topological polar surface area (TPSA) is 18.5 Å². The van der Waals surface area contributed by atoms with Gasteiger partial charge in [0.05, 0.1) is 26.4 Å². The maximum atomic E-state index is 5.76. The van der Waals surface area contributed by atoms with Gasteiger partial charge in [-0.05, 0) is 25.0 Å². The highest BCUT2D eigenvalue weighted by Gasteiger charge is 2.03. The van der Waals surface area contributed by atoms with E-state index in [0.29, 0.717) is 19.1 Å². The number of hydrogen-bond donors (Lipinski definition) is 0. The van der Waals surface area contributed by atoms with Crippen molar-refractivity contribution in [2.24, 2.45) is 5.92 Å². The van der Waals surface area contributed by atoms with Crippen LogP contribution in [0.2, 0.25) is 0 Å². The molecule has 0 atom stereocenters. The lowest BCUT2D eigenvalue weighted by Crippen LogP contribution is -2.13. The second kappa shape index (κ2) is 8.72. The van der Waals surface area contributed by atoms with Crippen LogP contribution in [0.15, 0.2) is 48.5 Å². The zero-order valence-electron chi connectivity index (χ0n) is 13.8. The molecule has 0 aliphatic rings. The predicted molar refractivity (Wildman–Crippen MR) is 90.8 cm³/mol. The largest absolute Gasteiger partial charge is 0.376 e. The van der Waals surface area contributed by atoms with Crippen molar-refractivity contribution in [2.45, 2.75) is 34.0 Å². The molecule has 0 aromatic heterocycles. The summed E-state index contributed by atoms with van der Waals surface area (Å²) >= 11 is 0. The summed E-state index contributed by atoms with van der Waals surface area (Å²) in [5.74, 6) is 0.399. The van der Waals surface area contributed by atoms with Gasteiger partial charge >= 0.3 is 0 Å². The van der Waals surface area contributed by atoms with Crippen molar-refractivity contribution < 1.29 is 9.47 Å². The molecule has 0 saturated carbocycles. The summed E-state index contributed by atoms with van der Waals surface area (Å²) in [6.07, 6.45) is 0. The fourth-order valence-electron chi connectivity index (χ4n) is 2.17. The minimum Gasteiger partial charge on any atom is -0.376 e. The molecule has 2 aromatic carbocycles. The molecule has 0 aliphatic carbocycles. The second-order valence-electron chi connectivity index (χ2n) is 6.11. The van der Waals surface area contributed by atoms with E-state index >= 15 is 0 Å². The maximum Gasteiger partial charge on any atom is 0.0717 e. The quantitative estimate of drug-likeness (QED) is 0.705. The smallest absolute Gasteiger partial charge is 0.0717 e. The lowest BCUT2D eigenvalue weighted by molar-refractivity contribution is 0.0335. The molecule has 0 heterocycles. The van der Waals surface area contributed by atoms with Crippen LogP contribution in [0.1, 0.15) is 29.2 Å². The Morgan fingerprint density at radius 1 is 0.682 bits per heavy atom. The predicted octanol–water partition coefficient (Wildman–Crippen LogP) is 4.67. The highest BCUT2D eigenvalue weighted by Crippen LogP contribution is 2.08. The van der Waals surface area contributed by atoms with E-state index < -0.39 is 0 Å². The van der Waals surface area contributed by atoms with Gasteiger partial charge in [0.15, 0.2) is 0 Å². The Morgan fingerprint density at radius 2 is 1.05 bits per heavy atom. The van der Waals surface area contributed by atoms with E-state index in [1.54, 1.807) is 0 Å². The Hall–Kier alpha value is -1.64. The van der Waals surface area contributed by atoms with E-state index in [0.717, 1.165) is 13.2 Å². The molecule has 0 N–H and O–H groups in total. The van der Waals surface area contributed by atoms with Crippen LogP contribution in [0.5, 0.6) is 0 Å². The summed E-state index contributed by atoms with van der Waals surface area (Å²) in [5, 5.41) is 0. The van der Waals surface area contributed by atoms with Crippen LogP contribution in [0, 0.1) is 19.8 Å². The van der Waals surface area contributed by atoms with Crippen molar-refractivity contribution in [1.82, 2.24) is 0 Å². The highest BCUT2D eigenvalue weighted by molar-refractivity contribution is 5.21.